The number of Topliss-reactive ketones (excluding diaryl/α,β-unsaturated/α-hetero) is 1. The van der Waals surface area contributed by atoms with Crippen LogP contribution in [0.1, 0.15) is 21.7 Å². The number of piperazine rings is 1. The molecule has 0 bridgehead atoms. The molecule has 1 aliphatic heterocycles. The molecule has 8 nitrogen and oxygen atoms in total. The van der Waals surface area contributed by atoms with Gasteiger partial charge in [-0.25, -0.2) is 9.97 Å². The van der Waals surface area contributed by atoms with E-state index in [9.17, 15) is 4.79 Å². The van der Waals surface area contributed by atoms with Crippen molar-refractivity contribution in [1.82, 2.24) is 30.0 Å². The molecular weight excluding hydrogens is 450 g/mol. The van der Waals surface area contributed by atoms with Gasteiger partial charge in [-0.2, -0.15) is 10.2 Å². The van der Waals surface area contributed by atoms with E-state index in [2.05, 4.69) is 60.2 Å². The van der Waals surface area contributed by atoms with Gasteiger partial charge in [0, 0.05) is 66.2 Å². The first kappa shape index (κ1) is 22.3. The molecule has 4 aromatic heterocycles. The van der Waals surface area contributed by atoms with Crippen LogP contribution in [0.4, 0.5) is 5.82 Å². The Morgan fingerprint density at radius 3 is 2.61 bits per heavy atom. The van der Waals surface area contributed by atoms with E-state index in [4.69, 9.17) is 0 Å². The Kier molecular flexibility index (Phi) is 5.65. The number of aryl methyl sites for hydroxylation is 1. The van der Waals surface area contributed by atoms with Crippen LogP contribution in [0, 0.1) is 6.92 Å². The monoisotopic (exact) mass is 477 g/mol. The minimum atomic E-state index is 0.00932. The van der Waals surface area contributed by atoms with Crippen LogP contribution in [0.15, 0.2) is 60.9 Å². The van der Waals surface area contributed by atoms with E-state index in [0.29, 0.717) is 11.3 Å². The van der Waals surface area contributed by atoms with E-state index < -0.39 is 0 Å². The molecule has 1 N–H and O–H groups in total. The number of hydrogen-bond acceptors (Lipinski definition) is 7. The normalized spacial score (nSPS) is 14.6. The number of aromatic nitrogens is 5. The van der Waals surface area contributed by atoms with E-state index in [0.717, 1.165) is 70.8 Å². The van der Waals surface area contributed by atoms with Gasteiger partial charge in [-0.05, 0) is 62.0 Å². The van der Waals surface area contributed by atoms with Gasteiger partial charge >= 0.3 is 0 Å². The van der Waals surface area contributed by atoms with Crippen molar-refractivity contribution in [2.45, 2.75) is 13.3 Å². The van der Waals surface area contributed by atoms with Crippen LogP contribution in [-0.4, -0.2) is 69.1 Å². The van der Waals surface area contributed by atoms with Gasteiger partial charge in [-0.15, -0.1) is 0 Å². The van der Waals surface area contributed by atoms with E-state index in [1.807, 2.05) is 37.4 Å². The zero-order chi connectivity index (χ0) is 24.6. The van der Waals surface area contributed by atoms with Crippen molar-refractivity contribution in [3.63, 3.8) is 0 Å². The molecule has 180 valence electrons. The molecule has 0 saturated carbocycles. The third kappa shape index (κ3) is 4.43. The van der Waals surface area contributed by atoms with Crippen molar-refractivity contribution in [3.8, 4) is 11.1 Å². The minimum Gasteiger partial charge on any atom is -0.354 e. The molecular formula is C28H27N7O. The van der Waals surface area contributed by atoms with Crippen molar-refractivity contribution in [3.05, 3.63) is 77.9 Å². The number of ketones is 1. The van der Waals surface area contributed by atoms with E-state index >= 15 is 0 Å². The molecule has 0 atom stereocenters. The van der Waals surface area contributed by atoms with Crippen molar-refractivity contribution >= 4 is 33.5 Å². The van der Waals surface area contributed by atoms with E-state index in [1.165, 1.54) is 0 Å². The summed E-state index contributed by atoms with van der Waals surface area (Å²) in [6, 6.07) is 15.9. The highest BCUT2D eigenvalue weighted by atomic mass is 16.1. The lowest BCUT2D eigenvalue weighted by Gasteiger charge is -2.33. The highest BCUT2D eigenvalue weighted by Crippen LogP contribution is 2.26. The van der Waals surface area contributed by atoms with E-state index in [-0.39, 0.29) is 12.2 Å². The molecule has 1 aliphatic rings. The summed E-state index contributed by atoms with van der Waals surface area (Å²) < 4.78 is 0. The van der Waals surface area contributed by atoms with Gasteiger partial charge in [0.05, 0.1) is 17.6 Å². The van der Waals surface area contributed by atoms with Crippen LogP contribution >= 0.6 is 0 Å². The first-order valence-electron chi connectivity index (χ1n) is 12.2. The van der Waals surface area contributed by atoms with Crippen LogP contribution in [0.25, 0.3) is 33.1 Å². The molecule has 0 radical (unpaired) electrons. The number of fused-ring (bicyclic) bond motifs is 2. The van der Waals surface area contributed by atoms with Crippen molar-refractivity contribution < 1.29 is 4.79 Å². The maximum Gasteiger partial charge on any atom is 0.169 e. The summed E-state index contributed by atoms with van der Waals surface area (Å²) in [5, 5.41) is 10.7. The molecule has 5 heterocycles. The summed E-state index contributed by atoms with van der Waals surface area (Å²) >= 11 is 0. The number of nitrogens with zero attached hydrogens (tertiary/aromatic N) is 6. The maximum absolute atomic E-state index is 13.1. The number of pyridine rings is 2. The molecule has 0 amide bonds. The molecule has 0 spiro atoms. The average Bonchev–Trinajstić information content (AvgIpc) is 3.28. The van der Waals surface area contributed by atoms with E-state index in [1.54, 1.807) is 12.3 Å². The number of H-pyrrole nitrogens is 1. The van der Waals surface area contributed by atoms with Crippen LogP contribution in [0.5, 0.6) is 0 Å². The van der Waals surface area contributed by atoms with Gasteiger partial charge < -0.3 is 14.8 Å². The number of carbonyl (C=O) groups is 1. The predicted octanol–water partition coefficient (Wildman–Crippen LogP) is 4.05. The second kappa shape index (κ2) is 9.13. The Hall–Kier alpha value is -4.17. The zero-order valence-electron chi connectivity index (χ0n) is 20.4. The molecule has 5 aromatic rings. The standard InChI is InChI=1S/C28H27N7O/c1-18-11-22-13-23(17-30-28(22)31-18)19-3-4-25-21(12-19)14-24(32-33-25)16-26(36)20-5-6-29-27(15-20)35-9-7-34(2)8-10-35/h3-6,11-15,17H,7-10,16H2,1-2H3,(H,30,31). The fraction of sp³-hybridized carbons (Fsp3) is 0.250. The first-order valence-corrected chi connectivity index (χ1v) is 12.2. The molecule has 6 rings (SSSR count). The Balaban J connectivity index is 1.24. The Bertz CT molecular complexity index is 1580. The number of aromatic amines is 1. The lowest BCUT2D eigenvalue weighted by atomic mass is 10.0. The Labute approximate surface area is 209 Å². The quantitative estimate of drug-likeness (QED) is 0.382. The highest BCUT2D eigenvalue weighted by molar-refractivity contribution is 5.98. The van der Waals surface area contributed by atoms with Gasteiger partial charge in [0.1, 0.15) is 11.5 Å². The molecule has 0 aliphatic carbocycles. The molecule has 1 aromatic carbocycles. The molecule has 8 heteroatoms. The number of nitrogens with one attached hydrogen (secondary N) is 1. The fourth-order valence-corrected chi connectivity index (χ4v) is 4.73. The predicted molar refractivity (Wildman–Crippen MR) is 141 cm³/mol. The number of carbonyl (C=O) groups excluding carboxylic acids is 1. The fourth-order valence-electron chi connectivity index (χ4n) is 4.73. The molecule has 1 saturated heterocycles. The number of hydrogen-bond donors (Lipinski definition) is 1. The SMILES string of the molecule is Cc1cc2cc(-c3ccc4nnc(CC(=O)c5ccnc(N6CCN(C)CC6)c5)cc4c3)cnc2[nH]1. The largest absolute Gasteiger partial charge is 0.354 e. The van der Waals surface area contributed by atoms with Gasteiger partial charge in [0.2, 0.25) is 0 Å². The van der Waals surface area contributed by atoms with Crippen LogP contribution in [-0.2, 0) is 6.42 Å². The summed E-state index contributed by atoms with van der Waals surface area (Å²) in [5.41, 5.74) is 6.15. The smallest absolute Gasteiger partial charge is 0.169 e. The summed E-state index contributed by atoms with van der Waals surface area (Å²) in [5.74, 6) is 0.862. The second-order valence-corrected chi connectivity index (χ2v) is 9.52. The topological polar surface area (TPSA) is 90.9 Å². The maximum atomic E-state index is 13.1. The summed E-state index contributed by atoms with van der Waals surface area (Å²) in [7, 11) is 2.12. The van der Waals surface area contributed by atoms with Crippen LogP contribution in [0.2, 0.25) is 0 Å². The second-order valence-electron chi connectivity index (χ2n) is 9.52. The van der Waals surface area contributed by atoms with Crippen molar-refractivity contribution in [2.24, 2.45) is 0 Å². The number of likely N-dealkylation sites (N-methyl/N-ethyl adjacent to an activating group) is 1. The third-order valence-corrected chi connectivity index (χ3v) is 6.81. The summed E-state index contributed by atoms with van der Waals surface area (Å²) in [4.78, 5) is 30.0. The first-order chi connectivity index (χ1) is 17.5. The summed E-state index contributed by atoms with van der Waals surface area (Å²) in [6.07, 6.45) is 3.78. The van der Waals surface area contributed by atoms with Crippen molar-refractivity contribution in [1.29, 1.82) is 0 Å². The number of benzene rings is 1. The lowest BCUT2D eigenvalue weighted by Crippen LogP contribution is -2.44. The Morgan fingerprint density at radius 2 is 1.75 bits per heavy atom. The minimum absolute atomic E-state index is 0.00932. The molecule has 1 fully saturated rings. The van der Waals surface area contributed by atoms with Gasteiger partial charge in [-0.1, -0.05) is 6.07 Å². The number of anilines is 1. The highest BCUT2D eigenvalue weighted by Gasteiger charge is 2.17. The van der Waals surface area contributed by atoms with Crippen LogP contribution in [0.3, 0.4) is 0 Å². The average molecular weight is 478 g/mol. The zero-order valence-corrected chi connectivity index (χ0v) is 20.4. The van der Waals surface area contributed by atoms with Crippen molar-refractivity contribution in [2.75, 3.05) is 38.1 Å². The van der Waals surface area contributed by atoms with Gasteiger partial charge in [-0.3, -0.25) is 4.79 Å². The summed E-state index contributed by atoms with van der Waals surface area (Å²) in [6.45, 7) is 5.82. The third-order valence-electron chi connectivity index (χ3n) is 6.81. The molecule has 36 heavy (non-hydrogen) atoms. The number of rotatable bonds is 5. The van der Waals surface area contributed by atoms with Crippen LogP contribution < -0.4 is 4.90 Å². The lowest BCUT2D eigenvalue weighted by molar-refractivity contribution is 0.0991. The van der Waals surface area contributed by atoms with Gasteiger partial charge in [0.15, 0.2) is 5.78 Å². The molecule has 0 unspecified atom stereocenters. The Morgan fingerprint density at radius 1 is 0.917 bits per heavy atom. The van der Waals surface area contributed by atoms with Gasteiger partial charge in [0.25, 0.3) is 0 Å².